The van der Waals surface area contributed by atoms with Crippen molar-refractivity contribution >= 4 is 27.3 Å². The van der Waals surface area contributed by atoms with Gasteiger partial charge >= 0.3 is 0 Å². The molecule has 0 amide bonds. The number of anilines is 1. The van der Waals surface area contributed by atoms with Gasteiger partial charge in [-0.1, -0.05) is 33.6 Å². The lowest BCUT2D eigenvalue weighted by Gasteiger charge is -2.09. The predicted octanol–water partition coefficient (Wildman–Crippen LogP) is 3.98. The van der Waals surface area contributed by atoms with E-state index in [1.54, 1.807) is 24.3 Å². The van der Waals surface area contributed by atoms with E-state index in [4.69, 9.17) is 0 Å². The molecule has 0 fully saturated rings. The van der Waals surface area contributed by atoms with Gasteiger partial charge in [-0.3, -0.25) is 10.1 Å². The van der Waals surface area contributed by atoms with Crippen molar-refractivity contribution in [2.24, 2.45) is 0 Å². The van der Waals surface area contributed by atoms with Crippen LogP contribution >= 0.6 is 15.9 Å². The van der Waals surface area contributed by atoms with Crippen LogP contribution in [0.2, 0.25) is 0 Å². The maximum absolute atomic E-state index is 11.0. The Balaban J connectivity index is 2.23. The number of nitro groups is 1. The lowest BCUT2D eigenvalue weighted by atomic mass is 10.1. The van der Waals surface area contributed by atoms with Crippen LogP contribution in [0.15, 0.2) is 40.9 Å². The van der Waals surface area contributed by atoms with E-state index in [0.717, 1.165) is 5.56 Å². The van der Waals surface area contributed by atoms with Gasteiger partial charge in [-0.2, -0.15) is 0 Å². The van der Waals surface area contributed by atoms with Gasteiger partial charge in [0.15, 0.2) is 0 Å². The molecule has 0 aliphatic carbocycles. The van der Waals surface area contributed by atoms with E-state index in [-0.39, 0.29) is 11.4 Å². The third kappa shape index (κ3) is 3.27. The molecule has 0 spiro atoms. The summed E-state index contributed by atoms with van der Waals surface area (Å²) in [4.78, 5) is 10.6. The molecule has 0 saturated heterocycles. The van der Waals surface area contributed by atoms with Gasteiger partial charge in [-0.15, -0.1) is 0 Å². The van der Waals surface area contributed by atoms with Crippen LogP contribution in [0.4, 0.5) is 11.4 Å². The van der Waals surface area contributed by atoms with Gasteiger partial charge in [0.1, 0.15) is 11.4 Å². The number of benzene rings is 2. The van der Waals surface area contributed by atoms with Gasteiger partial charge in [0, 0.05) is 22.6 Å². The van der Waals surface area contributed by atoms with E-state index < -0.39 is 4.92 Å². The number of aromatic hydroxyl groups is 1. The molecule has 2 aromatic carbocycles. The molecule has 0 aliphatic rings. The van der Waals surface area contributed by atoms with Crippen molar-refractivity contribution in [3.05, 3.63) is 62.1 Å². The van der Waals surface area contributed by atoms with Crippen LogP contribution in [0.1, 0.15) is 11.1 Å². The normalized spacial score (nSPS) is 10.3. The number of nitrogens with one attached hydrogen (secondary N) is 1. The lowest BCUT2D eigenvalue weighted by molar-refractivity contribution is -0.384. The maximum atomic E-state index is 11.0. The Morgan fingerprint density at radius 2 is 2.05 bits per heavy atom. The largest absolute Gasteiger partial charge is 0.508 e. The number of phenols is 1. The molecule has 2 N–H and O–H groups in total. The van der Waals surface area contributed by atoms with Crippen molar-refractivity contribution < 1.29 is 10.0 Å². The summed E-state index contributed by atoms with van der Waals surface area (Å²) in [5.74, 6) is 0.169. The molecule has 2 rings (SSSR count). The summed E-state index contributed by atoms with van der Waals surface area (Å²) in [6.45, 7) is 2.24. The Hall–Kier alpha value is -2.08. The Bertz CT molecular complexity index is 659. The SMILES string of the molecule is Cc1ccc(O)c(CNc2ccc(Br)cc2[N+](=O)[O-])c1. The molecule has 20 heavy (non-hydrogen) atoms. The molecule has 0 saturated carbocycles. The van der Waals surface area contributed by atoms with Crippen molar-refractivity contribution in [2.75, 3.05) is 5.32 Å². The Kier molecular flexibility index (Phi) is 4.24. The molecule has 5 nitrogen and oxygen atoms in total. The summed E-state index contributed by atoms with van der Waals surface area (Å²) in [6, 6.07) is 10.1. The van der Waals surface area contributed by atoms with Crippen molar-refractivity contribution in [3.63, 3.8) is 0 Å². The Morgan fingerprint density at radius 3 is 2.75 bits per heavy atom. The Labute approximate surface area is 124 Å². The van der Waals surface area contributed by atoms with Gasteiger partial charge in [0.05, 0.1) is 4.92 Å². The molecule has 104 valence electrons. The van der Waals surface area contributed by atoms with E-state index in [1.165, 1.54) is 6.07 Å². The molecule has 0 radical (unpaired) electrons. The van der Waals surface area contributed by atoms with E-state index in [2.05, 4.69) is 21.2 Å². The zero-order valence-electron chi connectivity index (χ0n) is 10.8. The minimum Gasteiger partial charge on any atom is -0.508 e. The molecule has 0 aliphatic heterocycles. The molecular formula is C14H13BrN2O3. The molecule has 0 aromatic heterocycles. The van der Waals surface area contributed by atoms with Crippen LogP contribution < -0.4 is 5.32 Å². The zero-order chi connectivity index (χ0) is 14.7. The van der Waals surface area contributed by atoms with Crippen molar-refractivity contribution in [3.8, 4) is 5.75 Å². The first-order chi connectivity index (χ1) is 9.47. The molecule has 0 bridgehead atoms. The average molecular weight is 337 g/mol. The third-order valence-electron chi connectivity index (χ3n) is 2.86. The number of aryl methyl sites for hydroxylation is 1. The standard InChI is InChI=1S/C14H13BrN2O3/c1-9-2-5-14(18)10(6-9)8-16-12-4-3-11(15)7-13(12)17(19)20/h2-7,16,18H,8H2,1H3. The molecule has 0 heterocycles. The fourth-order valence-electron chi connectivity index (χ4n) is 1.85. The summed E-state index contributed by atoms with van der Waals surface area (Å²) in [7, 11) is 0. The molecule has 6 heteroatoms. The number of phenolic OH excluding ortho intramolecular Hbond substituents is 1. The van der Waals surface area contributed by atoms with Crippen LogP contribution in [-0.4, -0.2) is 10.0 Å². The average Bonchev–Trinajstić information content (AvgIpc) is 2.40. The van der Waals surface area contributed by atoms with Gasteiger partial charge in [-0.05, 0) is 25.1 Å². The van der Waals surface area contributed by atoms with Gasteiger partial charge in [0.2, 0.25) is 0 Å². The van der Waals surface area contributed by atoms with Crippen LogP contribution in [-0.2, 0) is 6.54 Å². The van der Waals surface area contributed by atoms with Crippen LogP contribution in [0.3, 0.4) is 0 Å². The van der Waals surface area contributed by atoms with Gasteiger partial charge < -0.3 is 10.4 Å². The van der Waals surface area contributed by atoms with E-state index >= 15 is 0 Å². The van der Waals surface area contributed by atoms with Crippen molar-refractivity contribution in [1.29, 1.82) is 0 Å². The van der Waals surface area contributed by atoms with Crippen LogP contribution in [0.25, 0.3) is 0 Å². The van der Waals surface area contributed by atoms with E-state index in [9.17, 15) is 15.2 Å². The number of hydrogen-bond donors (Lipinski definition) is 2. The van der Waals surface area contributed by atoms with Gasteiger partial charge in [0.25, 0.3) is 5.69 Å². The summed E-state index contributed by atoms with van der Waals surface area (Å²) in [5.41, 5.74) is 2.12. The predicted molar refractivity (Wildman–Crippen MR) is 81.0 cm³/mol. The summed E-state index contributed by atoms with van der Waals surface area (Å²) in [6.07, 6.45) is 0. The second-order valence-corrected chi connectivity index (χ2v) is 5.32. The number of halogens is 1. The first-order valence-electron chi connectivity index (χ1n) is 5.93. The first kappa shape index (κ1) is 14.3. The van der Waals surface area contributed by atoms with Gasteiger partial charge in [-0.25, -0.2) is 0 Å². The van der Waals surface area contributed by atoms with Crippen LogP contribution in [0, 0.1) is 17.0 Å². The zero-order valence-corrected chi connectivity index (χ0v) is 12.3. The minimum absolute atomic E-state index is 0.00785. The highest BCUT2D eigenvalue weighted by atomic mass is 79.9. The van der Waals surface area contributed by atoms with E-state index in [1.807, 2.05) is 13.0 Å². The number of rotatable bonds is 4. The second kappa shape index (κ2) is 5.92. The monoisotopic (exact) mass is 336 g/mol. The van der Waals surface area contributed by atoms with Crippen molar-refractivity contribution in [2.45, 2.75) is 13.5 Å². The highest BCUT2D eigenvalue weighted by Gasteiger charge is 2.14. The Morgan fingerprint density at radius 1 is 1.30 bits per heavy atom. The molecule has 0 atom stereocenters. The van der Waals surface area contributed by atoms with E-state index in [0.29, 0.717) is 22.3 Å². The maximum Gasteiger partial charge on any atom is 0.293 e. The number of nitro benzene ring substituents is 1. The summed E-state index contributed by atoms with van der Waals surface area (Å²) < 4.78 is 0.646. The fourth-order valence-corrected chi connectivity index (χ4v) is 2.20. The number of hydrogen-bond acceptors (Lipinski definition) is 4. The topological polar surface area (TPSA) is 75.4 Å². The van der Waals surface area contributed by atoms with Crippen molar-refractivity contribution in [1.82, 2.24) is 0 Å². The lowest BCUT2D eigenvalue weighted by Crippen LogP contribution is -2.03. The highest BCUT2D eigenvalue weighted by molar-refractivity contribution is 9.10. The molecular weight excluding hydrogens is 324 g/mol. The molecule has 0 unspecified atom stereocenters. The fraction of sp³-hybridized carbons (Fsp3) is 0.143. The summed E-state index contributed by atoms with van der Waals surface area (Å²) >= 11 is 3.21. The second-order valence-electron chi connectivity index (χ2n) is 4.40. The summed E-state index contributed by atoms with van der Waals surface area (Å²) in [5, 5.41) is 23.7. The number of nitrogens with zero attached hydrogens (tertiary/aromatic N) is 1. The first-order valence-corrected chi connectivity index (χ1v) is 6.73. The smallest absolute Gasteiger partial charge is 0.293 e. The third-order valence-corrected chi connectivity index (χ3v) is 3.35. The minimum atomic E-state index is -0.441. The van der Waals surface area contributed by atoms with Crippen LogP contribution in [0.5, 0.6) is 5.75 Å². The highest BCUT2D eigenvalue weighted by Crippen LogP contribution is 2.29. The molecule has 2 aromatic rings. The quantitative estimate of drug-likeness (QED) is 0.654.